The molecule has 0 aliphatic heterocycles. The molecule has 0 N–H and O–H groups in total. The van der Waals surface area contributed by atoms with Gasteiger partial charge in [0.1, 0.15) is 11.6 Å². The first-order chi connectivity index (χ1) is 16.5. The summed E-state index contributed by atoms with van der Waals surface area (Å²) in [4.78, 5) is 0. The largest absolute Gasteiger partial charge is 0.494 e. The van der Waals surface area contributed by atoms with E-state index in [1.807, 2.05) is 31.2 Å². The second-order valence-electron chi connectivity index (χ2n) is 9.10. The quantitative estimate of drug-likeness (QED) is 0.324. The molecular formula is C30H31F3O. The first kappa shape index (κ1) is 24.1. The Kier molecular flexibility index (Phi) is 7.77. The molecule has 1 fully saturated rings. The van der Waals surface area contributed by atoms with Crippen LogP contribution in [-0.4, -0.2) is 6.61 Å². The third-order valence-corrected chi connectivity index (χ3v) is 7.01. The number of aryl methyl sites for hydroxylation is 1. The average molecular weight is 465 g/mol. The van der Waals surface area contributed by atoms with E-state index in [-0.39, 0.29) is 17.3 Å². The Morgan fingerprint density at radius 1 is 0.912 bits per heavy atom. The highest BCUT2D eigenvalue weighted by atomic mass is 19.2. The van der Waals surface area contributed by atoms with E-state index in [1.54, 1.807) is 30.3 Å². The molecule has 0 radical (unpaired) electrons. The van der Waals surface area contributed by atoms with E-state index in [0.29, 0.717) is 35.8 Å². The minimum Gasteiger partial charge on any atom is -0.494 e. The van der Waals surface area contributed by atoms with Gasteiger partial charge in [0.25, 0.3) is 0 Å². The molecule has 1 saturated carbocycles. The van der Waals surface area contributed by atoms with Gasteiger partial charge in [0.05, 0.1) is 6.61 Å². The lowest BCUT2D eigenvalue weighted by Gasteiger charge is -2.29. The Hall–Kier alpha value is -3.01. The predicted molar refractivity (Wildman–Crippen MR) is 132 cm³/mol. The van der Waals surface area contributed by atoms with Crippen molar-refractivity contribution in [3.63, 3.8) is 0 Å². The molecule has 178 valence electrons. The van der Waals surface area contributed by atoms with Crippen LogP contribution in [0, 0.1) is 23.4 Å². The monoisotopic (exact) mass is 464 g/mol. The van der Waals surface area contributed by atoms with Gasteiger partial charge in [-0.3, -0.25) is 0 Å². The Balaban J connectivity index is 1.34. The molecule has 0 spiro atoms. The second-order valence-corrected chi connectivity index (χ2v) is 9.10. The van der Waals surface area contributed by atoms with Crippen LogP contribution in [0.1, 0.15) is 61.6 Å². The van der Waals surface area contributed by atoms with Crippen LogP contribution in [0.25, 0.3) is 17.2 Å². The van der Waals surface area contributed by atoms with Crippen LogP contribution < -0.4 is 4.74 Å². The normalized spacial score (nSPS) is 18.0. The molecule has 0 bridgehead atoms. The van der Waals surface area contributed by atoms with Crippen molar-refractivity contribution >= 4 is 6.08 Å². The molecule has 1 nitrogen and oxygen atoms in total. The van der Waals surface area contributed by atoms with Gasteiger partial charge >= 0.3 is 0 Å². The highest BCUT2D eigenvalue weighted by molar-refractivity contribution is 5.66. The summed E-state index contributed by atoms with van der Waals surface area (Å²) in [6.45, 7) is 6.11. The molecule has 4 heteroatoms. The number of benzene rings is 3. The van der Waals surface area contributed by atoms with E-state index in [0.717, 1.165) is 43.2 Å². The summed E-state index contributed by atoms with van der Waals surface area (Å²) in [7, 11) is 0. The van der Waals surface area contributed by atoms with Crippen LogP contribution in [0.4, 0.5) is 13.2 Å². The number of hydrogen-bond donors (Lipinski definition) is 0. The first-order valence-electron chi connectivity index (χ1n) is 12.1. The molecule has 3 aromatic rings. The summed E-state index contributed by atoms with van der Waals surface area (Å²) in [6, 6.07) is 15.8. The molecule has 0 heterocycles. The fourth-order valence-corrected chi connectivity index (χ4v) is 5.02. The molecule has 0 amide bonds. The minimum absolute atomic E-state index is 0.202. The van der Waals surface area contributed by atoms with Crippen LogP contribution in [0.2, 0.25) is 0 Å². The SMILES string of the molecule is C=Cc1ccc(-c2ccc(CCC3CCC(c4ccc(OCC)cc4F)CC3)c(F)c2F)cc1. The maximum absolute atomic E-state index is 14.8. The van der Waals surface area contributed by atoms with Gasteiger partial charge in [-0.1, -0.05) is 55.1 Å². The van der Waals surface area contributed by atoms with Crippen LogP contribution in [-0.2, 0) is 6.42 Å². The minimum atomic E-state index is -0.793. The van der Waals surface area contributed by atoms with E-state index in [2.05, 4.69) is 6.58 Å². The highest BCUT2D eigenvalue weighted by Crippen LogP contribution is 2.39. The maximum Gasteiger partial charge on any atom is 0.166 e. The second kappa shape index (κ2) is 10.9. The molecule has 0 aromatic heterocycles. The third-order valence-electron chi connectivity index (χ3n) is 7.01. The number of rotatable bonds is 8. The van der Waals surface area contributed by atoms with E-state index < -0.39 is 11.6 Å². The lowest BCUT2D eigenvalue weighted by molar-refractivity contribution is 0.304. The Bertz CT molecular complexity index is 1130. The maximum atomic E-state index is 14.8. The van der Waals surface area contributed by atoms with Crippen LogP contribution in [0.15, 0.2) is 61.2 Å². The predicted octanol–water partition coefficient (Wildman–Crippen LogP) is 8.72. The van der Waals surface area contributed by atoms with Gasteiger partial charge in [0.2, 0.25) is 0 Å². The van der Waals surface area contributed by atoms with Crippen molar-refractivity contribution in [3.8, 4) is 16.9 Å². The zero-order chi connectivity index (χ0) is 24.1. The fourth-order valence-electron chi connectivity index (χ4n) is 5.02. The fraction of sp³-hybridized carbons (Fsp3) is 0.333. The molecular weight excluding hydrogens is 433 g/mol. The van der Waals surface area contributed by atoms with Gasteiger partial charge < -0.3 is 4.74 Å². The smallest absolute Gasteiger partial charge is 0.166 e. The number of hydrogen-bond acceptors (Lipinski definition) is 1. The summed E-state index contributed by atoms with van der Waals surface area (Å²) < 4.78 is 49.5. The van der Waals surface area contributed by atoms with Crippen molar-refractivity contribution in [2.24, 2.45) is 5.92 Å². The van der Waals surface area contributed by atoms with Crippen LogP contribution in [0.5, 0.6) is 5.75 Å². The third kappa shape index (κ3) is 5.38. The summed E-state index contributed by atoms with van der Waals surface area (Å²) in [5.41, 5.74) is 3.03. The van der Waals surface area contributed by atoms with E-state index in [4.69, 9.17) is 4.74 Å². The summed E-state index contributed by atoms with van der Waals surface area (Å²) >= 11 is 0. The van der Waals surface area contributed by atoms with Gasteiger partial charge in [-0.05, 0) is 85.6 Å². The van der Waals surface area contributed by atoms with Crippen LogP contribution in [0.3, 0.4) is 0 Å². The molecule has 1 aliphatic rings. The Morgan fingerprint density at radius 3 is 2.29 bits per heavy atom. The summed E-state index contributed by atoms with van der Waals surface area (Å²) in [5, 5.41) is 0. The number of ether oxygens (including phenoxy) is 1. The van der Waals surface area contributed by atoms with Crippen molar-refractivity contribution in [2.75, 3.05) is 6.61 Å². The number of halogens is 3. The zero-order valence-corrected chi connectivity index (χ0v) is 19.6. The summed E-state index contributed by atoms with van der Waals surface area (Å²) in [5.74, 6) is -0.546. The first-order valence-corrected chi connectivity index (χ1v) is 12.1. The Labute approximate surface area is 200 Å². The molecule has 34 heavy (non-hydrogen) atoms. The van der Waals surface area contributed by atoms with Gasteiger partial charge in [-0.2, -0.15) is 0 Å². The Morgan fingerprint density at radius 2 is 1.65 bits per heavy atom. The zero-order valence-electron chi connectivity index (χ0n) is 19.6. The lowest BCUT2D eigenvalue weighted by Crippen LogP contribution is -2.15. The van der Waals surface area contributed by atoms with Crippen molar-refractivity contribution < 1.29 is 17.9 Å². The average Bonchev–Trinajstić information content (AvgIpc) is 2.86. The molecule has 0 saturated heterocycles. The van der Waals surface area contributed by atoms with Crippen molar-refractivity contribution in [1.29, 1.82) is 0 Å². The van der Waals surface area contributed by atoms with Crippen molar-refractivity contribution in [2.45, 2.75) is 51.4 Å². The molecule has 0 unspecified atom stereocenters. The van der Waals surface area contributed by atoms with E-state index in [1.165, 1.54) is 6.07 Å². The topological polar surface area (TPSA) is 9.23 Å². The molecule has 3 aromatic carbocycles. The van der Waals surface area contributed by atoms with Gasteiger partial charge in [-0.15, -0.1) is 0 Å². The highest BCUT2D eigenvalue weighted by Gasteiger charge is 2.25. The van der Waals surface area contributed by atoms with Crippen molar-refractivity contribution in [1.82, 2.24) is 0 Å². The lowest BCUT2D eigenvalue weighted by atomic mass is 9.76. The summed E-state index contributed by atoms with van der Waals surface area (Å²) in [6.07, 6.45) is 6.78. The van der Waals surface area contributed by atoms with Gasteiger partial charge in [0, 0.05) is 11.6 Å². The standard InChI is InChI=1S/C30H31F3O/c1-3-20-5-10-23(11-6-20)27-17-15-24(29(32)30(27)33)14-9-21-7-12-22(13-8-21)26-18-16-25(34-4-2)19-28(26)31/h3,5-6,10-11,15-19,21-22H,1,4,7-9,12-14H2,2H3. The van der Waals surface area contributed by atoms with Crippen LogP contribution >= 0.6 is 0 Å². The van der Waals surface area contributed by atoms with E-state index in [9.17, 15) is 13.2 Å². The molecule has 4 rings (SSSR count). The van der Waals surface area contributed by atoms with Crippen molar-refractivity contribution in [3.05, 3.63) is 95.3 Å². The van der Waals surface area contributed by atoms with E-state index >= 15 is 0 Å². The molecule has 0 atom stereocenters. The van der Waals surface area contributed by atoms with Gasteiger partial charge in [0.15, 0.2) is 11.6 Å². The molecule has 1 aliphatic carbocycles. The van der Waals surface area contributed by atoms with Gasteiger partial charge in [-0.25, -0.2) is 13.2 Å².